The van der Waals surface area contributed by atoms with Gasteiger partial charge in [0.15, 0.2) is 0 Å². The van der Waals surface area contributed by atoms with E-state index in [1.165, 1.54) is 6.07 Å². The molecule has 2 aromatic carbocycles. The molecule has 2 aromatic rings. The molecule has 0 bridgehead atoms. The highest BCUT2D eigenvalue weighted by atomic mass is 35.5. The molecule has 0 heterocycles. The zero-order chi connectivity index (χ0) is 14.5. The molecule has 0 unspecified atom stereocenters. The van der Waals surface area contributed by atoms with Crippen LogP contribution in [0.1, 0.15) is 17.3 Å². The molecule has 20 heavy (non-hydrogen) atoms. The summed E-state index contributed by atoms with van der Waals surface area (Å²) in [5.74, 6) is 0.204. The van der Waals surface area contributed by atoms with Gasteiger partial charge in [0.25, 0.3) is 0 Å². The third kappa shape index (κ3) is 3.44. The second-order valence-corrected chi connectivity index (χ2v) is 4.74. The minimum atomic E-state index is -0.529. The number of carbonyl (C=O) groups excluding carboxylic acids is 1. The van der Waals surface area contributed by atoms with Gasteiger partial charge in [0, 0.05) is 5.02 Å². The fraction of sp³-hybridized carbons (Fsp3) is 0.133. The molecule has 5 heteroatoms. The summed E-state index contributed by atoms with van der Waals surface area (Å²) < 4.78 is 10.7. The summed E-state index contributed by atoms with van der Waals surface area (Å²) >= 11 is 11.8. The van der Waals surface area contributed by atoms with Crippen LogP contribution in [-0.4, -0.2) is 12.6 Å². The first-order valence-electron chi connectivity index (χ1n) is 6.01. The predicted molar refractivity (Wildman–Crippen MR) is 79.0 cm³/mol. The average Bonchev–Trinajstić information content (AvgIpc) is 2.43. The smallest absolute Gasteiger partial charge is 0.347 e. The minimum Gasteiger partial charge on any atom is -0.493 e. The Bertz CT molecular complexity index is 626. The van der Waals surface area contributed by atoms with Gasteiger partial charge in [-0.1, -0.05) is 35.3 Å². The van der Waals surface area contributed by atoms with Crippen LogP contribution >= 0.6 is 23.2 Å². The summed E-state index contributed by atoms with van der Waals surface area (Å²) in [6.45, 7) is 2.31. The maximum absolute atomic E-state index is 12.2. The molecule has 0 aliphatic carbocycles. The second-order valence-electron chi connectivity index (χ2n) is 3.89. The first-order chi connectivity index (χ1) is 9.61. The standard InChI is InChI=1S/C15H12Cl2O3/c1-2-19-13-6-4-3-5-11(13)15(18)20-14-8-7-10(16)9-12(14)17/h3-9H,2H2,1H3. The number of carbonyl (C=O) groups is 1. The van der Waals surface area contributed by atoms with E-state index in [1.54, 1.807) is 36.4 Å². The Morgan fingerprint density at radius 1 is 1.10 bits per heavy atom. The molecule has 0 N–H and O–H groups in total. The van der Waals surface area contributed by atoms with Crippen molar-refractivity contribution in [3.8, 4) is 11.5 Å². The number of hydrogen-bond acceptors (Lipinski definition) is 3. The van der Waals surface area contributed by atoms with Crippen molar-refractivity contribution in [1.82, 2.24) is 0 Å². The van der Waals surface area contributed by atoms with Crippen molar-refractivity contribution in [2.45, 2.75) is 6.92 Å². The van der Waals surface area contributed by atoms with Gasteiger partial charge in [-0.15, -0.1) is 0 Å². The number of esters is 1. The highest BCUT2D eigenvalue weighted by Crippen LogP contribution is 2.29. The second kappa shape index (κ2) is 6.64. The highest BCUT2D eigenvalue weighted by molar-refractivity contribution is 6.35. The molecule has 0 atom stereocenters. The van der Waals surface area contributed by atoms with Gasteiger partial charge in [0.05, 0.1) is 11.6 Å². The fourth-order valence-electron chi connectivity index (χ4n) is 1.63. The molecule has 0 radical (unpaired) electrons. The molecule has 0 saturated heterocycles. The largest absolute Gasteiger partial charge is 0.493 e. The molecule has 0 amide bonds. The van der Waals surface area contributed by atoms with Crippen molar-refractivity contribution in [2.24, 2.45) is 0 Å². The number of rotatable bonds is 4. The van der Waals surface area contributed by atoms with E-state index in [4.69, 9.17) is 32.7 Å². The Balaban J connectivity index is 2.24. The third-order valence-electron chi connectivity index (χ3n) is 2.50. The van der Waals surface area contributed by atoms with Gasteiger partial charge in [0.1, 0.15) is 17.1 Å². The molecular weight excluding hydrogens is 299 g/mol. The summed E-state index contributed by atoms with van der Waals surface area (Å²) in [4.78, 5) is 12.2. The summed E-state index contributed by atoms with van der Waals surface area (Å²) in [6, 6.07) is 11.5. The lowest BCUT2D eigenvalue weighted by molar-refractivity contribution is 0.0730. The predicted octanol–water partition coefficient (Wildman–Crippen LogP) is 4.61. The summed E-state index contributed by atoms with van der Waals surface area (Å²) in [6.07, 6.45) is 0. The Kier molecular flexibility index (Phi) is 4.88. The number of benzene rings is 2. The van der Waals surface area contributed by atoms with Gasteiger partial charge in [-0.3, -0.25) is 0 Å². The van der Waals surface area contributed by atoms with E-state index in [9.17, 15) is 4.79 Å². The van der Waals surface area contributed by atoms with Crippen LogP contribution in [0.15, 0.2) is 42.5 Å². The van der Waals surface area contributed by atoms with Crippen molar-refractivity contribution in [2.75, 3.05) is 6.61 Å². The van der Waals surface area contributed by atoms with E-state index in [2.05, 4.69) is 0 Å². The highest BCUT2D eigenvalue weighted by Gasteiger charge is 2.15. The number of hydrogen-bond donors (Lipinski definition) is 0. The summed E-state index contributed by atoms with van der Waals surface area (Å²) in [7, 11) is 0. The monoisotopic (exact) mass is 310 g/mol. The summed E-state index contributed by atoms with van der Waals surface area (Å²) in [5, 5.41) is 0.754. The van der Waals surface area contributed by atoms with Gasteiger partial charge in [-0.05, 0) is 37.3 Å². The van der Waals surface area contributed by atoms with E-state index in [0.29, 0.717) is 22.9 Å². The molecule has 0 saturated carbocycles. The maximum atomic E-state index is 12.2. The van der Waals surface area contributed by atoms with Gasteiger partial charge < -0.3 is 9.47 Å². The number of para-hydroxylation sites is 1. The van der Waals surface area contributed by atoms with Crippen molar-refractivity contribution in [1.29, 1.82) is 0 Å². The van der Waals surface area contributed by atoms with E-state index < -0.39 is 5.97 Å². The maximum Gasteiger partial charge on any atom is 0.347 e. The Morgan fingerprint density at radius 2 is 1.85 bits per heavy atom. The van der Waals surface area contributed by atoms with Crippen molar-refractivity contribution in [3.63, 3.8) is 0 Å². The first kappa shape index (κ1) is 14.7. The zero-order valence-corrected chi connectivity index (χ0v) is 12.2. The van der Waals surface area contributed by atoms with E-state index in [-0.39, 0.29) is 10.8 Å². The van der Waals surface area contributed by atoms with E-state index in [1.807, 2.05) is 6.92 Å². The van der Waals surface area contributed by atoms with Crippen LogP contribution in [-0.2, 0) is 0 Å². The van der Waals surface area contributed by atoms with Gasteiger partial charge in [-0.25, -0.2) is 4.79 Å². The molecule has 0 fully saturated rings. The van der Waals surface area contributed by atoms with Gasteiger partial charge in [0.2, 0.25) is 0 Å². The molecule has 3 nitrogen and oxygen atoms in total. The molecule has 0 aliphatic rings. The SMILES string of the molecule is CCOc1ccccc1C(=O)Oc1ccc(Cl)cc1Cl. The van der Waals surface area contributed by atoms with Gasteiger partial charge in [-0.2, -0.15) is 0 Å². The van der Waals surface area contributed by atoms with Crippen molar-refractivity contribution in [3.05, 3.63) is 58.1 Å². The molecule has 2 rings (SSSR count). The quantitative estimate of drug-likeness (QED) is 0.611. The summed E-state index contributed by atoms with van der Waals surface area (Å²) in [5.41, 5.74) is 0.348. The van der Waals surface area contributed by atoms with Crippen molar-refractivity contribution < 1.29 is 14.3 Å². The van der Waals surface area contributed by atoms with Crippen LogP contribution < -0.4 is 9.47 Å². The first-order valence-corrected chi connectivity index (χ1v) is 6.76. The minimum absolute atomic E-state index is 0.257. The van der Waals surface area contributed by atoms with Crippen LogP contribution in [0, 0.1) is 0 Å². The van der Waals surface area contributed by atoms with E-state index >= 15 is 0 Å². The molecule has 104 valence electrons. The van der Waals surface area contributed by atoms with Crippen LogP contribution in [0.2, 0.25) is 10.0 Å². The number of ether oxygens (including phenoxy) is 2. The fourth-order valence-corrected chi connectivity index (χ4v) is 2.08. The Morgan fingerprint density at radius 3 is 2.55 bits per heavy atom. The van der Waals surface area contributed by atoms with E-state index in [0.717, 1.165) is 0 Å². The lowest BCUT2D eigenvalue weighted by atomic mass is 10.2. The Labute approximate surface area is 127 Å². The van der Waals surface area contributed by atoms with Gasteiger partial charge >= 0.3 is 5.97 Å². The van der Waals surface area contributed by atoms with Crippen LogP contribution in [0.3, 0.4) is 0 Å². The lowest BCUT2D eigenvalue weighted by Crippen LogP contribution is -2.11. The lowest BCUT2D eigenvalue weighted by Gasteiger charge is -2.10. The average molecular weight is 311 g/mol. The normalized spacial score (nSPS) is 10.2. The van der Waals surface area contributed by atoms with Crippen LogP contribution in [0.4, 0.5) is 0 Å². The van der Waals surface area contributed by atoms with Crippen LogP contribution in [0.5, 0.6) is 11.5 Å². The molecule has 0 spiro atoms. The number of halogens is 2. The molecular formula is C15H12Cl2O3. The van der Waals surface area contributed by atoms with Crippen LogP contribution in [0.25, 0.3) is 0 Å². The Hall–Kier alpha value is -1.71. The molecule has 0 aromatic heterocycles. The topological polar surface area (TPSA) is 35.5 Å². The zero-order valence-electron chi connectivity index (χ0n) is 10.7. The third-order valence-corrected chi connectivity index (χ3v) is 3.03. The van der Waals surface area contributed by atoms with Crippen molar-refractivity contribution >= 4 is 29.2 Å². The molecule has 0 aliphatic heterocycles.